The van der Waals surface area contributed by atoms with Crippen LogP contribution in [0, 0.1) is 0 Å². The quantitative estimate of drug-likeness (QED) is 0.472. The number of carbonyl (C=O) groups excluding carboxylic acids is 1. The van der Waals surface area contributed by atoms with Crippen molar-refractivity contribution in [1.29, 1.82) is 0 Å². The SMILES string of the molecule is COCCOC(=O)N[C@@H](Cc1ccccc1)[C@@H](O)CNCc1cccc(OC)c1. The molecule has 0 spiro atoms. The van der Waals surface area contributed by atoms with Crippen LogP contribution in [0.3, 0.4) is 0 Å². The first-order valence-corrected chi connectivity index (χ1v) is 9.60. The van der Waals surface area contributed by atoms with Crippen LogP contribution in [0.1, 0.15) is 11.1 Å². The Kier molecular flexibility index (Phi) is 9.99. The van der Waals surface area contributed by atoms with Gasteiger partial charge in [0.25, 0.3) is 0 Å². The number of hydrogen-bond acceptors (Lipinski definition) is 6. The normalized spacial score (nSPS) is 12.8. The summed E-state index contributed by atoms with van der Waals surface area (Å²) in [6, 6.07) is 16.9. The minimum Gasteiger partial charge on any atom is -0.497 e. The Labute approximate surface area is 172 Å². The van der Waals surface area contributed by atoms with E-state index in [9.17, 15) is 9.90 Å². The molecule has 0 fully saturated rings. The van der Waals surface area contributed by atoms with Gasteiger partial charge in [-0.15, -0.1) is 0 Å². The fraction of sp³-hybridized carbons (Fsp3) is 0.409. The predicted molar refractivity (Wildman–Crippen MR) is 111 cm³/mol. The van der Waals surface area contributed by atoms with E-state index in [1.165, 1.54) is 7.11 Å². The van der Waals surface area contributed by atoms with Gasteiger partial charge in [0, 0.05) is 20.2 Å². The number of ether oxygens (including phenoxy) is 3. The molecule has 2 rings (SSSR count). The van der Waals surface area contributed by atoms with Gasteiger partial charge in [-0.25, -0.2) is 4.79 Å². The van der Waals surface area contributed by atoms with Gasteiger partial charge in [0.2, 0.25) is 0 Å². The van der Waals surface area contributed by atoms with E-state index in [1.54, 1.807) is 7.11 Å². The van der Waals surface area contributed by atoms with Crippen molar-refractivity contribution in [2.75, 3.05) is 34.0 Å². The van der Waals surface area contributed by atoms with E-state index in [4.69, 9.17) is 14.2 Å². The third-order valence-electron chi connectivity index (χ3n) is 4.40. The van der Waals surface area contributed by atoms with Crippen molar-refractivity contribution in [1.82, 2.24) is 10.6 Å². The number of carbonyl (C=O) groups is 1. The molecule has 29 heavy (non-hydrogen) atoms. The van der Waals surface area contributed by atoms with Crippen LogP contribution in [0.15, 0.2) is 54.6 Å². The maximum Gasteiger partial charge on any atom is 0.407 e. The van der Waals surface area contributed by atoms with Crippen molar-refractivity contribution in [3.05, 3.63) is 65.7 Å². The molecule has 0 bridgehead atoms. The summed E-state index contributed by atoms with van der Waals surface area (Å²) in [6.07, 6.45) is -0.881. The average Bonchev–Trinajstić information content (AvgIpc) is 2.74. The second kappa shape index (κ2) is 12.8. The zero-order valence-corrected chi connectivity index (χ0v) is 17.0. The van der Waals surface area contributed by atoms with Crippen molar-refractivity contribution >= 4 is 6.09 Å². The summed E-state index contributed by atoms with van der Waals surface area (Å²) < 4.78 is 15.2. The van der Waals surface area contributed by atoms with Crippen LogP contribution >= 0.6 is 0 Å². The molecule has 1 amide bonds. The Morgan fingerprint density at radius 2 is 1.79 bits per heavy atom. The zero-order chi connectivity index (χ0) is 20.9. The lowest BCUT2D eigenvalue weighted by molar-refractivity contribution is 0.0824. The van der Waals surface area contributed by atoms with Crippen LogP contribution in [0.5, 0.6) is 5.75 Å². The van der Waals surface area contributed by atoms with Crippen LogP contribution in [0.25, 0.3) is 0 Å². The van der Waals surface area contributed by atoms with Crippen molar-refractivity contribution < 1.29 is 24.1 Å². The molecule has 0 aliphatic carbocycles. The molecule has 0 aliphatic heterocycles. The predicted octanol–water partition coefficient (Wildman–Crippen LogP) is 2.13. The summed E-state index contributed by atoms with van der Waals surface area (Å²) in [5.74, 6) is 0.785. The van der Waals surface area contributed by atoms with Crippen LogP contribution in [-0.4, -0.2) is 57.3 Å². The molecule has 3 N–H and O–H groups in total. The standard InChI is InChI=1S/C22H30N2O5/c1-27-11-12-29-22(26)24-20(14-17-7-4-3-5-8-17)21(25)16-23-15-18-9-6-10-19(13-18)28-2/h3-10,13,20-21,23,25H,11-12,14-16H2,1-2H3,(H,24,26)/t20-,21-/m0/s1. The minimum absolute atomic E-state index is 0.157. The number of hydrogen-bond donors (Lipinski definition) is 3. The first kappa shape index (κ1) is 22.7. The molecule has 7 heteroatoms. The first-order valence-electron chi connectivity index (χ1n) is 9.60. The van der Waals surface area contributed by atoms with Gasteiger partial charge in [0.1, 0.15) is 12.4 Å². The lowest BCUT2D eigenvalue weighted by atomic mass is 10.0. The average molecular weight is 402 g/mol. The van der Waals surface area contributed by atoms with Crippen LogP contribution < -0.4 is 15.4 Å². The fourth-order valence-corrected chi connectivity index (χ4v) is 2.85. The second-order valence-electron chi connectivity index (χ2n) is 6.62. The summed E-state index contributed by atoms with van der Waals surface area (Å²) in [7, 11) is 3.17. The molecule has 0 saturated heterocycles. The number of aliphatic hydroxyl groups is 1. The maximum atomic E-state index is 12.1. The first-order chi connectivity index (χ1) is 14.1. The largest absolute Gasteiger partial charge is 0.497 e. The van der Waals surface area contributed by atoms with Gasteiger partial charge in [0.05, 0.1) is 25.9 Å². The molecule has 0 saturated carbocycles. The van der Waals surface area contributed by atoms with E-state index in [-0.39, 0.29) is 6.61 Å². The van der Waals surface area contributed by atoms with Crippen molar-refractivity contribution in [2.24, 2.45) is 0 Å². The molecule has 2 aromatic carbocycles. The number of methoxy groups -OCH3 is 2. The summed E-state index contributed by atoms with van der Waals surface area (Å²) in [5.41, 5.74) is 2.06. The number of rotatable bonds is 12. The Balaban J connectivity index is 1.91. The smallest absolute Gasteiger partial charge is 0.407 e. The van der Waals surface area contributed by atoms with Crippen LogP contribution in [0.2, 0.25) is 0 Å². The van der Waals surface area contributed by atoms with E-state index >= 15 is 0 Å². The van der Waals surface area contributed by atoms with Crippen molar-refractivity contribution in [3.8, 4) is 5.75 Å². The summed E-state index contributed by atoms with van der Waals surface area (Å²) >= 11 is 0. The van der Waals surface area contributed by atoms with E-state index in [0.29, 0.717) is 26.1 Å². The van der Waals surface area contributed by atoms with Gasteiger partial charge in [-0.2, -0.15) is 0 Å². The van der Waals surface area contributed by atoms with Gasteiger partial charge >= 0.3 is 6.09 Å². The van der Waals surface area contributed by atoms with E-state index in [0.717, 1.165) is 16.9 Å². The van der Waals surface area contributed by atoms with Gasteiger partial charge in [-0.05, 0) is 29.7 Å². The van der Waals surface area contributed by atoms with Gasteiger partial charge in [-0.3, -0.25) is 0 Å². The second-order valence-corrected chi connectivity index (χ2v) is 6.62. The maximum absolute atomic E-state index is 12.1. The Morgan fingerprint density at radius 1 is 1.03 bits per heavy atom. The monoisotopic (exact) mass is 402 g/mol. The topological polar surface area (TPSA) is 89.1 Å². The zero-order valence-electron chi connectivity index (χ0n) is 17.0. The molecule has 158 valence electrons. The molecule has 0 aliphatic rings. The molecule has 0 heterocycles. The highest BCUT2D eigenvalue weighted by molar-refractivity contribution is 5.67. The minimum atomic E-state index is -0.796. The lowest BCUT2D eigenvalue weighted by Gasteiger charge is -2.24. The Hall–Kier alpha value is -2.61. The molecular formula is C22H30N2O5. The van der Waals surface area contributed by atoms with Crippen LogP contribution in [0.4, 0.5) is 4.79 Å². The molecular weight excluding hydrogens is 372 g/mol. The van der Waals surface area contributed by atoms with Gasteiger partial charge in [0.15, 0.2) is 0 Å². The lowest BCUT2D eigenvalue weighted by Crippen LogP contribution is -2.49. The molecule has 0 unspecified atom stereocenters. The van der Waals surface area contributed by atoms with Gasteiger partial charge < -0.3 is 30.0 Å². The number of nitrogens with one attached hydrogen (secondary N) is 2. The highest BCUT2D eigenvalue weighted by atomic mass is 16.6. The third-order valence-corrected chi connectivity index (χ3v) is 4.40. The third kappa shape index (κ3) is 8.51. The summed E-state index contributed by atoms with van der Waals surface area (Å²) in [5, 5.41) is 16.7. The number of amides is 1. The fourth-order valence-electron chi connectivity index (χ4n) is 2.85. The summed E-state index contributed by atoms with van der Waals surface area (Å²) in [6.45, 7) is 1.36. The van der Waals surface area contributed by atoms with E-state index in [2.05, 4.69) is 10.6 Å². The molecule has 0 aromatic heterocycles. The number of benzene rings is 2. The van der Waals surface area contributed by atoms with E-state index < -0.39 is 18.2 Å². The Morgan fingerprint density at radius 3 is 2.52 bits per heavy atom. The van der Waals surface area contributed by atoms with Crippen molar-refractivity contribution in [2.45, 2.75) is 25.1 Å². The molecule has 2 atom stereocenters. The molecule has 0 radical (unpaired) electrons. The molecule has 7 nitrogen and oxygen atoms in total. The number of alkyl carbamates (subject to hydrolysis) is 1. The van der Waals surface area contributed by atoms with Gasteiger partial charge in [-0.1, -0.05) is 42.5 Å². The number of aliphatic hydroxyl groups excluding tert-OH is 1. The summed E-state index contributed by atoms with van der Waals surface area (Å²) in [4.78, 5) is 12.1. The van der Waals surface area contributed by atoms with Crippen LogP contribution in [-0.2, 0) is 22.4 Å². The molecule has 2 aromatic rings. The van der Waals surface area contributed by atoms with Crippen molar-refractivity contribution in [3.63, 3.8) is 0 Å². The van der Waals surface area contributed by atoms with E-state index in [1.807, 2.05) is 54.6 Å². The Bertz CT molecular complexity index is 726. The highest BCUT2D eigenvalue weighted by Crippen LogP contribution is 2.12. The highest BCUT2D eigenvalue weighted by Gasteiger charge is 2.22.